The van der Waals surface area contributed by atoms with Crippen LogP contribution in [0.25, 0.3) is 0 Å². The van der Waals surface area contributed by atoms with Gasteiger partial charge in [0.05, 0.1) is 6.54 Å². The van der Waals surface area contributed by atoms with Crippen molar-refractivity contribution in [2.24, 2.45) is 11.7 Å². The van der Waals surface area contributed by atoms with E-state index in [1.54, 1.807) is 6.92 Å². The molecule has 0 aliphatic carbocycles. The lowest BCUT2D eigenvalue weighted by Crippen LogP contribution is -2.35. The highest BCUT2D eigenvalue weighted by Gasteiger charge is 2.13. The Hall–Kier alpha value is -1.55. The topological polar surface area (TPSA) is 64.4 Å². The Labute approximate surface area is 121 Å². The van der Waals surface area contributed by atoms with E-state index < -0.39 is 0 Å². The zero-order valence-electron chi connectivity index (χ0n) is 12.9. The highest BCUT2D eigenvalue weighted by atomic mass is 16.5. The summed E-state index contributed by atoms with van der Waals surface area (Å²) in [6, 6.07) is 8.07. The Kier molecular flexibility index (Phi) is 6.02. The normalized spacial score (nSPS) is 12.8. The predicted octanol–water partition coefficient (Wildman–Crippen LogP) is 2.07. The van der Waals surface area contributed by atoms with Crippen LogP contribution in [0.1, 0.15) is 33.3 Å². The van der Waals surface area contributed by atoms with Gasteiger partial charge in [-0.2, -0.15) is 0 Å². The Morgan fingerprint density at radius 1 is 1.30 bits per heavy atom. The smallest absolute Gasteiger partial charge is 0.224 e. The first-order valence-corrected chi connectivity index (χ1v) is 7.05. The summed E-state index contributed by atoms with van der Waals surface area (Å²) in [5, 5.41) is 2.80. The van der Waals surface area contributed by atoms with Crippen molar-refractivity contribution < 1.29 is 9.53 Å². The molecule has 0 saturated carbocycles. The quantitative estimate of drug-likeness (QED) is 0.783. The van der Waals surface area contributed by atoms with Crippen molar-refractivity contribution in [3.05, 3.63) is 29.8 Å². The lowest BCUT2D eigenvalue weighted by molar-refractivity contribution is -0.124. The van der Waals surface area contributed by atoms with E-state index >= 15 is 0 Å². The molecule has 0 radical (unpaired) electrons. The second kappa shape index (κ2) is 7.29. The van der Waals surface area contributed by atoms with Gasteiger partial charge < -0.3 is 15.8 Å². The van der Waals surface area contributed by atoms with Gasteiger partial charge in [-0.1, -0.05) is 39.8 Å². The number of hydrogen-bond acceptors (Lipinski definition) is 3. The molecule has 0 heterocycles. The number of carbonyl (C=O) groups excluding carboxylic acids is 1. The van der Waals surface area contributed by atoms with Crippen molar-refractivity contribution in [3.63, 3.8) is 0 Å². The average Bonchev–Trinajstić information content (AvgIpc) is 2.42. The molecule has 0 fully saturated rings. The molecule has 4 heteroatoms. The predicted molar refractivity (Wildman–Crippen MR) is 81.9 cm³/mol. The Bertz CT molecular complexity index is 421. The van der Waals surface area contributed by atoms with E-state index in [1.165, 1.54) is 5.56 Å². The van der Waals surface area contributed by atoms with E-state index in [1.807, 2.05) is 12.1 Å². The van der Waals surface area contributed by atoms with Gasteiger partial charge in [-0.25, -0.2) is 0 Å². The third-order valence-electron chi connectivity index (χ3n) is 3.19. The Morgan fingerprint density at radius 3 is 2.40 bits per heavy atom. The van der Waals surface area contributed by atoms with Crippen LogP contribution in [-0.4, -0.2) is 25.6 Å². The third-order valence-corrected chi connectivity index (χ3v) is 3.19. The van der Waals surface area contributed by atoms with Crippen LogP contribution in [-0.2, 0) is 10.2 Å². The number of amides is 1. The Balaban J connectivity index is 2.34. The van der Waals surface area contributed by atoms with E-state index in [9.17, 15) is 4.79 Å². The van der Waals surface area contributed by atoms with Gasteiger partial charge in [0.1, 0.15) is 12.4 Å². The van der Waals surface area contributed by atoms with Crippen LogP contribution >= 0.6 is 0 Å². The molecule has 112 valence electrons. The molecule has 0 saturated heterocycles. The molecule has 0 spiro atoms. The molecule has 4 nitrogen and oxygen atoms in total. The van der Waals surface area contributed by atoms with Gasteiger partial charge in [-0.05, 0) is 23.1 Å². The molecule has 0 bridgehead atoms. The minimum Gasteiger partial charge on any atom is -0.492 e. The minimum absolute atomic E-state index is 0.0285. The first-order chi connectivity index (χ1) is 9.34. The summed E-state index contributed by atoms with van der Waals surface area (Å²) >= 11 is 0. The van der Waals surface area contributed by atoms with Crippen LogP contribution in [0.4, 0.5) is 0 Å². The number of hydrogen-bond donors (Lipinski definition) is 2. The molecule has 1 rings (SSSR count). The van der Waals surface area contributed by atoms with E-state index in [0.29, 0.717) is 19.7 Å². The van der Waals surface area contributed by atoms with Gasteiger partial charge >= 0.3 is 0 Å². The van der Waals surface area contributed by atoms with Crippen LogP contribution in [0.3, 0.4) is 0 Å². The summed E-state index contributed by atoms with van der Waals surface area (Å²) in [6.45, 7) is 9.65. The first kappa shape index (κ1) is 16.5. The number of nitrogens with two attached hydrogens (primary N) is 1. The van der Waals surface area contributed by atoms with Gasteiger partial charge in [-0.15, -0.1) is 0 Å². The number of ether oxygens (including phenoxy) is 1. The number of rotatable bonds is 6. The maximum atomic E-state index is 11.5. The van der Waals surface area contributed by atoms with Gasteiger partial charge in [0.15, 0.2) is 0 Å². The van der Waals surface area contributed by atoms with E-state index in [4.69, 9.17) is 10.5 Å². The maximum Gasteiger partial charge on any atom is 0.224 e. The summed E-state index contributed by atoms with van der Waals surface area (Å²) in [5.41, 5.74) is 6.84. The second-order valence-electron chi connectivity index (χ2n) is 6.05. The molecule has 1 unspecified atom stereocenters. The third kappa shape index (κ3) is 5.21. The van der Waals surface area contributed by atoms with E-state index in [2.05, 4.69) is 38.2 Å². The molecule has 20 heavy (non-hydrogen) atoms. The van der Waals surface area contributed by atoms with E-state index in [-0.39, 0.29) is 17.2 Å². The second-order valence-corrected chi connectivity index (χ2v) is 6.05. The van der Waals surface area contributed by atoms with Crippen LogP contribution < -0.4 is 15.8 Å². The molecule has 3 N–H and O–H groups in total. The summed E-state index contributed by atoms with van der Waals surface area (Å²) in [5.74, 6) is 0.638. The lowest BCUT2D eigenvalue weighted by atomic mass is 9.87. The number of carbonyl (C=O) groups is 1. The monoisotopic (exact) mass is 278 g/mol. The molecule has 0 aliphatic rings. The average molecular weight is 278 g/mol. The molecule has 0 aromatic heterocycles. The molecule has 0 aliphatic heterocycles. The summed E-state index contributed by atoms with van der Waals surface area (Å²) < 4.78 is 5.59. The maximum absolute atomic E-state index is 11.5. The van der Waals surface area contributed by atoms with Crippen molar-refractivity contribution in [3.8, 4) is 5.75 Å². The molecule has 1 amide bonds. The van der Waals surface area contributed by atoms with Crippen LogP contribution in [0.2, 0.25) is 0 Å². The van der Waals surface area contributed by atoms with Crippen molar-refractivity contribution in [1.29, 1.82) is 0 Å². The van der Waals surface area contributed by atoms with Gasteiger partial charge in [0.2, 0.25) is 5.91 Å². The van der Waals surface area contributed by atoms with Crippen molar-refractivity contribution in [1.82, 2.24) is 5.32 Å². The van der Waals surface area contributed by atoms with Crippen LogP contribution in [0.5, 0.6) is 5.75 Å². The summed E-state index contributed by atoms with van der Waals surface area (Å²) in [7, 11) is 0. The van der Waals surface area contributed by atoms with E-state index in [0.717, 1.165) is 5.75 Å². The highest BCUT2D eigenvalue weighted by molar-refractivity contribution is 5.78. The fourth-order valence-corrected chi connectivity index (χ4v) is 1.68. The van der Waals surface area contributed by atoms with Crippen molar-refractivity contribution in [2.45, 2.75) is 33.1 Å². The SMILES string of the molecule is CC(CN)C(=O)NCCOc1ccc(C(C)(C)C)cc1. The van der Waals surface area contributed by atoms with Gasteiger partial charge in [0, 0.05) is 12.5 Å². The largest absolute Gasteiger partial charge is 0.492 e. The number of nitrogens with one attached hydrogen (secondary N) is 1. The van der Waals surface area contributed by atoms with Crippen LogP contribution in [0.15, 0.2) is 24.3 Å². The van der Waals surface area contributed by atoms with Crippen molar-refractivity contribution in [2.75, 3.05) is 19.7 Å². The zero-order valence-corrected chi connectivity index (χ0v) is 12.9. The fraction of sp³-hybridized carbons (Fsp3) is 0.562. The molecular weight excluding hydrogens is 252 g/mol. The van der Waals surface area contributed by atoms with Crippen LogP contribution in [0, 0.1) is 5.92 Å². The van der Waals surface area contributed by atoms with Gasteiger partial charge in [0.25, 0.3) is 0 Å². The zero-order chi connectivity index (χ0) is 15.2. The summed E-state index contributed by atoms with van der Waals surface area (Å²) in [4.78, 5) is 11.5. The Morgan fingerprint density at radius 2 is 1.90 bits per heavy atom. The summed E-state index contributed by atoms with van der Waals surface area (Å²) in [6.07, 6.45) is 0. The highest BCUT2D eigenvalue weighted by Crippen LogP contribution is 2.24. The standard InChI is InChI=1S/C16H26N2O2/c1-12(11-17)15(19)18-9-10-20-14-7-5-13(6-8-14)16(2,3)4/h5-8,12H,9-11,17H2,1-4H3,(H,18,19). The first-order valence-electron chi connectivity index (χ1n) is 7.05. The number of benzene rings is 1. The molecular formula is C16H26N2O2. The minimum atomic E-state index is -0.152. The molecule has 1 aromatic rings. The van der Waals surface area contributed by atoms with Gasteiger partial charge in [-0.3, -0.25) is 4.79 Å². The molecule has 1 aromatic carbocycles. The van der Waals surface area contributed by atoms with Crippen molar-refractivity contribution >= 4 is 5.91 Å². The molecule has 1 atom stereocenters. The lowest BCUT2D eigenvalue weighted by Gasteiger charge is -2.19. The fourth-order valence-electron chi connectivity index (χ4n) is 1.68.